The van der Waals surface area contributed by atoms with Gasteiger partial charge in [-0.15, -0.1) is 17.0 Å². The van der Waals surface area contributed by atoms with Crippen LogP contribution in [0, 0.1) is 0 Å². The molecule has 0 radical (unpaired) electrons. The number of hydrogen-bond donors (Lipinski definition) is 0. The normalized spacial score (nSPS) is 11.5. The second-order valence-electron chi connectivity index (χ2n) is 5.21. The SMILES string of the molecule is Br.CCO[PH](c1ccccc1)(c1ccccc1)c1ccccc1. The van der Waals surface area contributed by atoms with E-state index in [9.17, 15) is 0 Å². The molecule has 0 N–H and O–H groups in total. The molecular formula is C20H22BrOP. The van der Waals surface area contributed by atoms with E-state index in [-0.39, 0.29) is 17.0 Å². The van der Waals surface area contributed by atoms with Crippen LogP contribution in [0.1, 0.15) is 6.92 Å². The minimum atomic E-state index is -2.42. The summed E-state index contributed by atoms with van der Waals surface area (Å²) >= 11 is 0. The average Bonchev–Trinajstić information content (AvgIpc) is 2.62. The molecule has 0 aromatic heterocycles. The molecule has 1 nitrogen and oxygen atoms in total. The van der Waals surface area contributed by atoms with Gasteiger partial charge in [-0.2, -0.15) is 0 Å². The Labute approximate surface area is 149 Å². The molecule has 3 rings (SSSR count). The monoisotopic (exact) mass is 388 g/mol. The van der Waals surface area contributed by atoms with Crippen molar-refractivity contribution in [1.29, 1.82) is 0 Å². The van der Waals surface area contributed by atoms with Gasteiger partial charge < -0.3 is 0 Å². The van der Waals surface area contributed by atoms with Gasteiger partial charge >= 0.3 is 132 Å². The second-order valence-corrected chi connectivity index (χ2v) is 8.60. The van der Waals surface area contributed by atoms with Gasteiger partial charge in [-0.1, -0.05) is 0 Å². The van der Waals surface area contributed by atoms with E-state index in [2.05, 4.69) is 97.9 Å². The molecule has 0 atom stereocenters. The maximum atomic E-state index is 6.53. The summed E-state index contributed by atoms with van der Waals surface area (Å²) < 4.78 is 6.53. The van der Waals surface area contributed by atoms with Gasteiger partial charge in [0.15, 0.2) is 0 Å². The molecule has 0 fully saturated rings. The first kappa shape index (κ1) is 17.9. The molecule has 0 amide bonds. The van der Waals surface area contributed by atoms with Gasteiger partial charge in [0.2, 0.25) is 0 Å². The topological polar surface area (TPSA) is 9.23 Å². The molecule has 0 unspecified atom stereocenters. The van der Waals surface area contributed by atoms with Gasteiger partial charge in [-0.05, 0) is 0 Å². The van der Waals surface area contributed by atoms with Crippen molar-refractivity contribution in [3.05, 3.63) is 91.0 Å². The number of benzene rings is 3. The molecule has 3 heteroatoms. The predicted molar refractivity (Wildman–Crippen MR) is 108 cm³/mol. The van der Waals surface area contributed by atoms with Crippen molar-refractivity contribution in [2.45, 2.75) is 6.92 Å². The van der Waals surface area contributed by atoms with Crippen LogP contribution < -0.4 is 15.9 Å². The number of halogens is 1. The van der Waals surface area contributed by atoms with E-state index in [1.54, 1.807) is 0 Å². The maximum absolute atomic E-state index is 6.53. The van der Waals surface area contributed by atoms with Gasteiger partial charge in [0.25, 0.3) is 0 Å². The number of rotatable bonds is 5. The van der Waals surface area contributed by atoms with Crippen molar-refractivity contribution in [2.75, 3.05) is 6.61 Å². The first-order valence-corrected chi connectivity index (χ1v) is 9.59. The van der Waals surface area contributed by atoms with E-state index in [0.717, 1.165) is 0 Å². The van der Waals surface area contributed by atoms with Gasteiger partial charge in [-0.25, -0.2) is 0 Å². The van der Waals surface area contributed by atoms with Crippen LogP contribution in [-0.2, 0) is 4.52 Å². The molecule has 0 saturated carbocycles. The van der Waals surface area contributed by atoms with Crippen LogP contribution in [0.2, 0.25) is 0 Å². The van der Waals surface area contributed by atoms with Crippen LogP contribution >= 0.6 is 24.5 Å². The summed E-state index contributed by atoms with van der Waals surface area (Å²) in [6, 6.07) is 32.0. The fourth-order valence-corrected chi connectivity index (χ4v) is 6.90. The zero-order valence-corrected chi connectivity index (χ0v) is 15.9. The Balaban J connectivity index is 0.00000192. The standard InChI is InChI=1S/C20H21OP.BrH/c1-2-21-22(18-12-6-3-7-13-18,19-14-8-4-9-15-19)20-16-10-5-11-17-20;/h3-17,22H,2H2,1H3;1H. The Hall–Kier alpha value is -1.47. The molecule has 0 aliphatic heterocycles. The molecule has 0 aliphatic carbocycles. The second kappa shape index (κ2) is 8.40. The Kier molecular flexibility index (Phi) is 6.53. The van der Waals surface area contributed by atoms with E-state index >= 15 is 0 Å². The first-order chi connectivity index (χ1) is 10.9. The molecule has 3 aromatic carbocycles. The fraction of sp³-hybridized carbons (Fsp3) is 0.100. The number of hydrogen-bond acceptors (Lipinski definition) is 1. The average molecular weight is 389 g/mol. The molecular weight excluding hydrogens is 367 g/mol. The van der Waals surface area contributed by atoms with Gasteiger partial charge in [0.05, 0.1) is 0 Å². The molecule has 0 aliphatic rings. The summed E-state index contributed by atoms with van der Waals surface area (Å²) in [5, 5.41) is 3.86. The van der Waals surface area contributed by atoms with Crippen molar-refractivity contribution >= 4 is 40.4 Å². The van der Waals surface area contributed by atoms with E-state index in [4.69, 9.17) is 4.52 Å². The summed E-state index contributed by atoms with van der Waals surface area (Å²) in [6.45, 7) is 2.78. The van der Waals surface area contributed by atoms with E-state index < -0.39 is 7.49 Å². The Bertz CT molecular complexity index is 605. The van der Waals surface area contributed by atoms with Gasteiger partial charge in [0, 0.05) is 0 Å². The summed E-state index contributed by atoms with van der Waals surface area (Å²) in [5.74, 6) is 0. The van der Waals surface area contributed by atoms with E-state index in [0.29, 0.717) is 6.61 Å². The third kappa shape index (κ3) is 3.55. The van der Waals surface area contributed by atoms with E-state index in [1.807, 2.05) is 0 Å². The van der Waals surface area contributed by atoms with Crippen molar-refractivity contribution in [1.82, 2.24) is 0 Å². The summed E-state index contributed by atoms with van der Waals surface area (Å²) in [6.07, 6.45) is 0. The zero-order chi connectivity index (χ0) is 15.3. The van der Waals surface area contributed by atoms with Crippen LogP contribution in [0.3, 0.4) is 0 Å². The molecule has 0 saturated heterocycles. The van der Waals surface area contributed by atoms with Crippen LogP contribution in [0.15, 0.2) is 91.0 Å². The molecule has 0 bridgehead atoms. The van der Waals surface area contributed by atoms with Crippen molar-refractivity contribution in [2.24, 2.45) is 0 Å². The third-order valence-electron chi connectivity index (χ3n) is 3.90. The van der Waals surface area contributed by atoms with Gasteiger partial charge in [0.1, 0.15) is 0 Å². The molecule has 0 spiro atoms. The molecule has 120 valence electrons. The summed E-state index contributed by atoms with van der Waals surface area (Å²) in [5.41, 5.74) is 0. The predicted octanol–water partition coefficient (Wildman–Crippen LogP) is 4.24. The molecule has 0 heterocycles. The van der Waals surface area contributed by atoms with Crippen LogP contribution in [0.5, 0.6) is 0 Å². The van der Waals surface area contributed by atoms with Crippen molar-refractivity contribution < 1.29 is 4.52 Å². The Morgan fingerprint density at radius 3 is 1.17 bits per heavy atom. The quantitative estimate of drug-likeness (QED) is 0.593. The zero-order valence-electron chi connectivity index (χ0n) is 13.2. The van der Waals surface area contributed by atoms with Gasteiger partial charge in [-0.3, -0.25) is 0 Å². The Morgan fingerprint density at radius 2 is 0.913 bits per heavy atom. The summed E-state index contributed by atoms with van der Waals surface area (Å²) in [7, 11) is -2.42. The molecule has 3 aromatic rings. The third-order valence-corrected chi connectivity index (χ3v) is 8.06. The van der Waals surface area contributed by atoms with E-state index in [1.165, 1.54) is 15.9 Å². The first-order valence-electron chi connectivity index (χ1n) is 7.68. The molecule has 23 heavy (non-hydrogen) atoms. The summed E-state index contributed by atoms with van der Waals surface area (Å²) in [4.78, 5) is 0. The minimum absolute atomic E-state index is 0. The van der Waals surface area contributed by atoms with Crippen molar-refractivity contribution in [3.8, 4) is 0 Å². The van der Waals surface area contributed by atoms with Crippen LogP contribution in [0.4, 0.5) is 0 Å². The van der Waals surface area contributed by atoms with Crippen LogP contribution in [-0.4, -0.2) is 6.61 Å². The van der Waals surface area contributed by atoms with Crippen LogP contribution in [0.25, 0.3) is 0 Å². The Morgan fingerprint density at radius 1 is 0.609 bits per heavy atom. The fourth-order valence-electron chi connectivity index (χ4n) is 2.99. The van der Waals surface area contributed by atoms with Crippen molar-refractivity contribution in [3.63, 3.8) is 0 Å².